The lowest BCUT2D eigenvalue weighted by atomic mass is 10.1. The van der Waals surface area contributed by atoms with Crippen LogP contribution in [-0.4, -0.2) is 16.0 Å². The molecule has 1 unspecified atom stereocenters. The van der Waals surface area contributed by atoms with Crippen molar-refractivity contribution in [3.05, 3.63) is 30.6 Å². The molecule has 0 saturated heterocycles. The van der Waals surface area contributed by atoms with Crippen molar-refractivity contribution in [3.8, 4) is 0 Å². The van der Waals surface area contributed by atoms with Gasteiger partial charge >= 0.3 is 0 Å². The Balaban J connectivity index is 2.07. The standard InChI is InChI=1S/C15H21N3/c1-3-4-5-8-12(2)18-15-13-9-6-7-10-14(13)16-11-17-15/h6-7,9-12H,3-5,8H2,1-2H3,(H,16,17,18). The zero-order valence-electron chi connectivity index (χ0n) is 11.2. The molecular weight excluding hydrogens is 222 g/mol. The Kier molecular flexibility index (Phi) is 4.51. The average Bonchev–Trinajstić information content (AvgIpc) is 2.39. The summed E-state index contributed by atoms with van der Waals surface area (Å²) < 4.78 is 0. The Labute approximate surface area is 109 Å². The summed E-state index contributed by atoms with van der Waals surface area (Å²) in [5.41, 5.74) is 0.996. The van der Waals surface area contributed by atoms with Crippen LogP contribution >= 0.6 is 0 Å². The Morgan fingerprint density at radius 1 is 1.17 bits per heavy atom. The molecule has 3 nitrogen and oxygen atoms in total. The summed E-state index contributed by atoms with van der Waals surface area (Å²) in [5.74, 6) is 0.949. The summed E-state index contributed by atoms with van der Waals surface area (Å²) in [4.78, 5) is 8.63. The number of nitrogens with one attached hydrogen (secondary N) is 1. The fraction of sp³-hybridized carbons (Fsp3) is 0.467. The van der Waals surface area contributed by atoms with Crippen molar-refractivity contribution in [2.24, 2.45) is 0 Å². The maximum Gasteiger partial charge on any atom is 0.137 e. The van der Waals surface area contributed by atoms with Crippen LogP contribution in [0.25, 0.3) is 10.9 Å². The molecule has 0 bridgehead atoms. The molecule has 96 valence electrons. The van der Waals surface area contributed by atoms with Gasteiger partial charge in [-0.2, -0.15) is 0 Å². The summed E-state index contributed by atoms with van der Waals surface area (Å²) in [5, 5.41) is 4.59. The van der Waals surface area contributed by atoms with Crippen molar-refractivity contribution in [2.45, 2.75) is 45.6 Å². The molecule has 0 spiro atoms. The monoisotopic (exact) mass is 243 g/mol. The third-order valence-corrected chi connectivity index (χ3v) is 3.17. The van der Waals surface area contributed by atoms with Crippen molar-refractivity contribution in [1.82, 2.24) is 9.97 Å². The first-order valence-electron chi connectivity index (χ1n) is 6.77. The molecule has 2 rings (SSSR count). The highest BCUT2D eigenvalue weighted by Gasteiger charge is 2.06. The average molecular weight is 243 g/mol. The van der Waals surface area contributed by atoms with E-state index >= 15 is 0 Å². The topological polar surface area (TPSA) is 37.8 Å². The molecule has 1 aromatic carbocycles. The molecule has 1 heterocycles. The first kappa shape index (κ1) is 12.8. The molecule has 0 aliphatic carbocycles. The van der Waals surface area contributed by atoms with Crippen molar-refractivity contribution < 1.29 is 0 Å². The number of hydrogen-bond donors (Lipinski definition) is 1. The van der Waals surface area contributed by atoms with Gasteiger partial charge in [0, 0.05) is 11.4 Å². The van der Waals surface area contributed by atoms with Crippen molar-refractivity contribution in [2.75, 3.05) is 5.32 Å². The first-order chi connectivity index (χ1) is 8.81. The Hall–Kier alpha value is -1.64. The van der Waals surface area contributed by atoms with E-state index in [-0.39, 0.29) is 0 Å². The quantitative estimate of drug-likeness (QED) is 0.779. The van der Waals surface area contributed by atoms with Crippen LogP contribution in [0.2, 0.25) is 0 Å². The SMILES string of the molecule is CCCCCC(C)Nc1ncnc2ccccc12. The van der Waals surface area contributed by atoms with E-state index in [1.807, 2.05) is 18.2 Å². The number of hydrogen-bond acceptors (Lipinski definition) is 3. The van der Waals surface area contributed by atoms with Gasteiger partial charge in [-0.3, -0.25) is 0 Å². The second-order valence-electron chi connectivity index (χ2n) is 4.78. The van der Waals surface area contributed by atoms with Gasteiger partial charge in [0.15, 0.2) is 0 Å². The van der Waals surface area contributed by atoms with E-state index in [9.17, 15) is 0 Å². The van der Waals surface area contributed by atoms with Gasteiger partial charge in [-0.25, -0.2) is 9.97 Å². The van der Waals surface area contributed by atoms with Gasteiger partial charge in [-0.05, 0) is 25.5 Å². The molecule has 0 saturated carbocycles. The number of nitrogens with zero attached hydrogens (tertiary/aromatic N) is 2. The number of benzene rings is 1. The van der Waals surface area contributed by atoms with Gasteiger partial charge in [-0.1, -0.05) is 38.3 Å². The van der Waals surface area contributed by atoms with Gasteiger partial charge < -0.3 is 5.32 Å². The molecule has 0 radical (unpaired) electrons. The van der Waals surface area contributed by atoms with Crippen LogP contribution in [0, 0.1) is 0 Å². The molecule has 18 heavy (non-hydrogen) atoms. The van der Waals surface area contributed by atoms with Crippen molar-refractivity contribution >= 4 is 16.7 Å². The van der Waals surface area contributed by atoms with Gasteiger partial charge in [-0.15, -0.1) is 0 Å². The smallest absolute Gasteiger partial charge is 0.137 e. The highest BCUT2D eigenvalue weighted by atomic mass is 15.0. The molecule has 1 aromatic heterocycles. The minimum Gasteiger partial charge on any atom is -0.367 e. The number of rotatable bonds is 6. The Morgan fingerprint density at radius 3 is 2.83 bits per heavy atom. The van der Waals surface area contributed by atoms with E-state index in [0.29, 0.717) is 6.04 Å². The summed E-state index contributed by atoms with van der Waals surface area (Å²) in [6.45, 7) is 4.45. The molecule has 0 fully saturated rings. The van der Waals surface area contributed by atoms with E-state index in [1.54, 1.807) is 6.33 Å². The fourth-order valence-electron chi connectivity index (χ4n) is 2.13. The minimum atomic E-state index is 0.454. The third kappa shape index (κ3) is 3.19. The maximum atomic E-state index is 4.35. The van der Waals surface area contributed by atoms with Gasteiger partial charge in [0.1, 0.15) is 12.1 Å². The van der Waals surface area contributed by atoms with Gasteiger partial charge in [0.2, 0.25) is 0 Å². The molecule has 0 aliphatic heterocycles. The molecule has 0 amide bonds. The number of para-hydroxylation sites is 1. The zero-order chi connectivity index (χ0) is 12.8. The lowest BCUT2D eigenvalue weighted by molar-refractivity contribution is 0.614. The molecule has 1 N–H and O–H groups in total. The molecule has 3 heteroatoms. The molecule has 1 atom stereocenters. The second-order valence-corrected chi connectivity index (χ2v) is 4.78. The van der Waals surface area contributed by atoms with E-state index < -0.39 is 0 Å². The Morgan fingerprint density at radius 2 is 2.00 bits per heavy atom. The summed E-state index contributed by atoms with van der Waals surface area (Å²) >= 11 is 0. The molecule has 0 aliphatic rings. The predicted molar refractivity (Wildman–Crippen MR) is 76.8 cm³/mol. The summed E-state index contributed by atoms with van der Waals surface area (Å²) in [6, 6.07) is 8.57. The predicted octanol–water partition coefficient (Wildman–Crippen LogP) is 4.01. The van der Waals surface area contributed by atoms with Crippen molar-refractivity contribution in [1.29, 1.82) is 0 Å². The Bertz CT molecular complexity index is 491. The largest absolute Gasteiger partial charge is 0.367 e. The van der Waals surface area contributed by atoms with E-state index in [1.165, 1.54) is 25.7 Å². The number of anilines is 1. The molecule has 2 aromatic rings. The summed E-state index contributed by atoms with van der Waals surface area (Å²) in [7, 11) is 0. The van der Waals surface area contributed by atoms with E-state index in [0.717, 1.165) is 16.7 Å². The maximum absolute atomic E-state index is 4.35. The second kappa shape index (κ2) is 6.34. The van der Waals surface area contributed by atoms with Crippen LogP contribution in [0.3, 0.4) is 0 Å². The van der Waals surface area contributed by atoms with Crippen LogP contribution in [0.15, 0.2) is 30.6 Å². The van der Waals surface area contributed by atoms with E-state index in [4.69, 9.17) is 0 Å². The number of unbranched alkanes of at least 4 members (excludes halogenated alkanes) is 2. The minimum absolute atomic E-state index is 0.454. The van der Waals surface area contributed by atoms with Crippen molar-refractivity contribution in [3.63, 3.8) is 0 Å². The lowest BCUT2D eigenvalue weighted by Gasteiger charge is -2.15. The summed E-state index contributed by atoms with van der Waals surface area (Å²) in [6.07, 6.45) is 6.66. The highest BCUT2D eigenvalue weighted by Crippen LogP contribution is 2.19. The van der Waals surface area contributed by atoms with Crippen LogP contribution in [0.4, 0.5) is 5.82 Å². The normalized spacial score (nSPS) is 12.6. The first-order valence-corrected chi connectivity index (χ1v) is 6.77. The number of aromatic nitrogens is 2. The van der Waals surface area contributed by atoms with Crippen LogP contribution in [-0.2, 0) is 0 Å². The van der Waals surface area contributed by atoms with Crippen LogP contribution in [0.1, 0.15) is 39.5 Å². The lowest BCUT2D eigenvalue weighted by Crippen LogP contribution is -2.16. The van der Waals surface area contributed by atoms with Crippen LogP contribution < -0.4 is 5.32 Å². The van der Waals surface area contributed by atoms with Gasteiger partial charge in [0.05, 0.1) is 5.52 Å². The highest BCUT2D eigenvalue weighted by molar-refractivity contribution is 5.88. The zero-order valence-corrected chi connectivity index (χ0v) is 11.2. The van der Waals surface area contributed by atoms with E-state index in [2.05, 4.69) is 35.2 Å². The third-order valence-electron chi connectivity index (χ3n) is 3.17. The molecular formula is C15H21N3. The number of fused-ring (bicyclic) bond motifs is 1. The fourth-order valence-corrected chi connectivity index (χ4v) is 2.13. The van der Waals surface area contributed by atoms with Crippen LogP contribution in [0.5, 0.6) is 0 Å². The van der Waals surface area contributed by atoms with Gasteiger partial charge in [0.25, 0.3) is 0 Å².